The van der Waals surface area contributed by atoms with E-state index in [9.17, 15) is 4.79 Å². The molecule has 0 saturated heterocycles. The highest BCUT2D eigenvalue weighted by molar-refractivity contribution is 6.31. The first kappa shape index (κ1) is 15.6. The van der Waals surface area contributed by atoms with E-state index in [-0.39, 0.29) is 11.6 Å². The van der Waals surface area contributed by atoms with Gasteiger partial charge in [-0.05, 0) is 31.7 Å². The van der Waals surface area contributed by atoms with Crippen LogP contribution in [0, 0.1) is 0 Å². The number of halogens is 1. The van der Waals surface area contributed by atoms with Crippen molar-refractivity contribution in [2.24, 2.45) is 0 Å². The molecular weight excluding hydrogens is 286 g/mol. The van der Waals surface area contributed by atoms with E-state index in [0.717, 1.165) is 17.1 Å². The molecule has 1 unspecified atom stereocenters. The summed E-state index contributed by atoms with van der Waals surface area (Å²) in [7, 11) is 2.02. The third-order valence-corrected chi connectivity index (χ3v) is 4.06. The number of pyridine rings is 1. The molecule has 0 spiro atoms. The molecule has 21 heavy (non-hydrogen) atoms. The lowest BCUT2D eigenvalue weighted by Crippen LogP contribution is -2.30. The lowest BCUT2D eigenvalue weighted by Gasteiger charge is -2.26. The minimum absolute atomic E-state index is 0.0389. The second kappa shape index (κ2) is 6.78. The molecule has 5 heteroatoms. The Balaban J connectivity index is 2.05. The van der Waals surface area contributed by atoms with Crippen molar-refractivity contribution in [1.29, 1.82) is 0 Å². The van der Waals surface area contributed by atoms with Gasteiger partial charge >= 0.3 is 0 Å². The fraction of sp³-hybridized carbons (Fsp3) is 0.312. The van der Waals surface area contributed by atoms with Crippen molar-refractivity contribution in [2.75, 3.05) is 19.3 Å². The quantitative estimate of drug-likeness (QED) is 0.924. The standard InChI is InChI=1S/C16H20ClN3O/c1-12(14-5-3-4-6-15(14)17)19(2)9-10-20-11-13(18)7-8-16(20)21/h3-8,11-12H,9-10,18H2,1-2H3. The van der Waals surface area contributed by atoms with Gasteiger partial charge in [0.25, 0.3) is 5.56 Å². The van der Waals surface area contributed by atoms with Crippen molar-refractivity contribution in [1.82, 2.24) is 9.47 Å². The highest BCUT2D eigenvalue weighted by Gasteiger charge is 2.14. The largest absolute Gasteiger partial charge is 0.398 e. The number of nitrogens with zero attached hydrogens (tertiary/aromatic N) is 2. The summed E-state index contributed by atoms with van der Waals surface area (Å²) in [5.41, 5.74) is 7.35. The van der Waals surface area contributed by atoms with Crippen LogP contribution in [-0.4, -0.2) is 23.1 Å². The number of benzene rings is 1. The summed E-state index contributed by atoms with van der Waals surface area (Å²) in [6.45, 7) is 3.42. The number of nitrogens with two attached hydrogens (primary N) is 1. The average Bonchev–Trinajstić information content (AvgIpc) is 2.47. The number of nitrogen functional groups attached to an aromatic ring is 1. The number of rotatable bonds is 5. The van der Waals surface area contributed by atoms with Gasteiger partial charge in [-0.15, -0.1) is 0 Å². The van der Waals surface area contributed by atoms with Crippen LogP contribution in [0.2, 0.25) is 5.02 Å². The minimum atomic E-state index is -0.0389. The Morgan fingerprint density at radius 2 is 2.00 bits per heavy atom. The lowest BCUT2D eigenvalue weighted by atomic mass is 10.1. The van der Waals surface area contributed by atoms with Crippen LogP contribution < -0.4 is 11.3 Å². The van der Waals surface area contributed by atoms with Crippen molar-refractivity contribution in [3.63, 3.8) is 0 Å². The molecular formula is C16H20ClN3O. The fourth-order valence-corrected chi connectivity index (χ4v) is 2.53. The summed E-state index contributed by atoms with van der Waals surface area (Å²) in [6, 6.07) is 11.1. The van der Waals surface area contributed by atoms with Gasteiger partial charge in [0, 0.05) is 42.1 Å². The molecule has 1 aromatic heterocycles. The lowest BCUT2D eigenvalue weighted by molar-refractivity contribution is 0.250. The first-order valence-electron chi connectivity index (χ1n) is 6.89. The van der Waals surface area contributed by atoms with E-state index in [1.807, 2.05) is 31.3 Å². The van der Waals surface area contributed by atoms with Crippen LogP contribution in [0.4, 0.5) is 5.69 Å². The second-order valence-corrected chi connectivity index (χ2v) is 5.58. The predicted molar refractivity (Wildman–Crippen MR) is 87.6 cm³/mol. The van der Waals surface area contributed by atoms with E-state index < -0.39 is 0 Å². The zero-order chi connectivity index (χ0) is 15.4. The first-order valence-corrected chi connectivity index (χ1v) is 7.27. The van der Waals surface area contributed by atoms with Gasteiger partial charge in [0.15, 0.2) is 0 Å². The Bertz CT molecular complexity index is 669. The summed E-state index contributed by atoms with van der Waals surface area (Å²) >= 11 is 6.23. The van der Waals surface area contributed by atoms with Crippen LogP contribution in [0.25, 0.3) is 0 Å². The second-order valence-electron chi connectivity index (χ2n) is 5.17. The molecule has 0 aliphatic heterocycles. The first-order chi connectivity index (χ1) is 9.99. The summed E-state index contributed by atoms with van der Waals surface area (Å²) in [4.78, 5) is 13.9. The zero-order valence-corrected chi connectivity index (χ0v) is 13.0. The summed E-state index contributed by atoms with van der Waals surface area (Å²) in [5.74, 6) is 0. The van der Waals surface area contributed by atoms with Crippen LogP contribution in [0.15, 0.2) is 47.4 Å². The SMILES string of the molecule is CC(c1ccccc1Cl)N(C)CCn1cc(N)ccc1=O. The van der Waals surface area contributed by atoms with E-state index in [1.165, 1.54) is 6.07 Å². The van der Waals surface area contributed by atoms with Crippen LogP contribution in [0.5, 0.6) is 0 Å². The molecule has 2 rings (SSSR count). The summed E-state index contributed by atoms with van der Waals surface area (Å²) in [5, 5.41) is 0.762. The molecule has 1 aromatic carbocycles. The van der Waals surface area contributed by atoms with Crippen molar-refractivity contribution in [3.05, 3.63) is 63.5 Å². The molecule has 0 fully saturated rings. The normalized spacial score (nSPS) is 12.6. The average molecular weight is 306 g/mol. The maximum absolute atomic E-state index is 11.7. The molecule has 0 amide bonds. The van der Waals surface area contributed by atoms with Gasteiger partial charge < -0.3 is 10.3 Å². The third-order valence-electron chi connectivity index (χ3n) is 3.72. The summed E-state index contributed by atoms with van der Waals surface area (Å²) in [6.07, 6.45) is 1.68. The molecule has 0 aliphatic rings. The Hall–Kier alpha value is -1.78. The van der Waals surface area contributed by atoms with E-state index in [2.05, 4.69) is 11.8 Å². The highest BCUT2D eigenvalue weighted by Crippen LogP contribution is 2.25. The van der Waals surface area contributed by atoms with Gasteiger partial charge in [0.2, 0.25) is 0 Å². The monoisotopic (exact) mass is 305 g/mol. The van der Waals surface area contributed by atoms with Gasteiger partial charge in [-0.2, -0.15) is 0 Å². The predicted octanol–water partition coefficient (Wildman–Crippen LogP) is 2.78. The molecule has 0 radical (unpaired) electrons. The van der Waals surface area contributed by atoms with Gasteiger partial charge in [-0.25, -0.2) is 0 Å². The Labute approximate surface area is 129 Å². The number of aromatic nitrogens is 1. The maximum atomic E-state index is 11.7. The molecule has 1 heterocycles. The molecule has 2 N–H and O–H groups in total. The molecule has 112 valence electrons. The van der Waals surface area contributed by atoms with E-state index >= 15 is 0 Å². The fourth-order valence-electron chi connectivity index (χ4n) is 2.24. The molecule has 0 saturated carbocycles. The van der Waals surface area contributed by atoms with Crippen LogP contribution in [-0.2, 0) is 6.54 Å². The molecule has 0 bridgehead atoms. The van der Waals surface area contributed by atoms with Crippen molar-refractivity contribution in [2.45, 2.75) is 19.5 Å². The van der Waals surface area contributed by atoms with Crippen molar-refractivity contribution < 1.29 is 0 Å². The van der Waals surface area contributed by atoms with E-state index in [1.54, 1.807) is 16.8 Å². The minimum Gasteiger partial charge on any atom is -0.398 e. The van der Waals surface area contributed by atoms with Crippen LogP contribution in [0.3, 0.4) is 0 Å². The van der Waals surface area contributed by atoms with Gasteiger partial charge in [0.05, 0.1) is 0 Å². The van der Waals surface area contributed by atoms with Crippen LogP contribution >= 0.6 is 11.6 Å². The van der Waals surface area contributed by atoms with Gasteiger partial charge in [-0.1, -0.05) is 29.8 Å². The van der Waals surface area contributed by atoms with Gasteiger partial charge in [0.1, 0.15) is 0 Å². The molecule has 4 nitrogen and oxygen atoms in total. The Kier molecular flexibility index (Phi) is 5.04. The molecule has 0 aliphatic carbocycles. The Morgan fingerprint density at radius 1 is 1.29 bits per heavy atom. The zero-order valence-electron chi connectivity index (χ0n) is 12.3. The maximum Gasteiger partial charge on any atom is 0.250 e. The molecule has 1 atom stereocenters. The smallest absolute Gasteiger partial charge is 0.250 e. The van der Waals surface area contributed by atoms with Crippen LogP contribution in [0.1, 0.15) is 18.5 Å². The number of likely N-dealkylation sites (N-methyl/N-ethyl adjacent to an activating group) is 1. The number of hydrogen-bond donors (Lipinski definition) is 1. The molecule has 2 aromatic rings. The number of hydrogen-bond acceptors (Lipinski definition) is 3. The highest BCUT2D eigenvalue weighted by atomic mass is 35.5. The van der Waals surface area contributed by atoms with Gasteiger partial charge in [-0.3, -0.25) is 9.69 Å². The number of anilines is 1. The van der Waals surface area contributed by atoms with E-state index in [0.29, 0.717) is 12.2 Å². The van der Waals surface area contributed by atoms with Crippen molar-refractivity contribution >= 4 is 17.3 Å². The Morgan fingerprint density at radius 3 is 2.71 bits per heavy atom. The summed E-state index contributed by atoms with van der Waals surface area (Å²) < 4.78 is 1.63. The topological polar surface area (TPSA) is 51.3 Å². The third kappa shape index (κ3) is 3.86. The van der Waals surface area contributed by atoms with E-state index in [4.69, 9.17) is 17.3 Å². The van der Waals surface area contributed by atoms with Crippen molar-refractivity contribution in [3.8, 4) is 0 Å².